The van der Waals surface area contributed by atoms with E-state index in [1.807, 2.05) is 13.8 Å². The van der Waals surface area contributed by atoms with Crippen molar-refractivity contribution in [1.82, 2.24) is 9.88 Å². The van der Waals surface area contributed by atoms with Crippen molar-refractivity contribution < 1.29 is 14.7 Å². The van der Waals surface area contributed by atoms with Crippen molar-refractivity contribution in [1.29, 1.82) is 0 Å². The Hall–Kier alpha value is -1.27. The monoisotopic (exact) mass is 314 g/mol. The average Bonchev–Trinajstić information content (AvgIpc) is 2.82. The minimum atomic E-state index is -0.990. The molecule has 0 bridgehead atoms. The lowest BCUT2D eigenvalue weighted by Crippen LogP contribution is -2.47. The summed E-state index contributed by atoms with van der Waals surface area (Å²) in [6.07, 6.45) is 0. The number of amides is 1. The van der Waals surface area contributed by atoms with Crippen molar-refractivity contribution in [3.63, 3.8) is 0 Å². The van der Waals surface area contributed by atoms with Crippen LogP contribution in [0.15, 0.2) is 18.2 Å². The van der Waals surface area contributed by atoms with Crippen LogP contribution in [0, 0.1) is 5.92 Å². The van der Waals surface area contributed by atoms with Gasteiger partial charge in [-0.25, -0.2) is 9.78 Å². The average molecular weight is 315 g/mol. The number of rotatable bonds is 3. The summed E-state index contributed by atoms with van der Waals surface area (Å²) in [5.41, 5.74) is 0.178. The standard InChI is InChI=1S/C13H15ClN2O3S/c1-7(2)12-16(9(6-20-12)13(18)19)11(17)8-4-3-5-10(14)15-8/h3-5,7,9,12H,6H2,1-2H3,(H,18,19). The molecule has 2 heterocycles. The molecule has 0 aliphatic carbocycles. The van der Waals surface area contributed by atoms with Gasteiger partial charge >= 0.3 is 5.97 Å². The van der Waals surface area contributed by atoms with Crippen molar-refractivity contribution in [3.05, 3.63) is 29.0 Å². The van der Waals surface area contributed by atoms with Gasteiger partial charge in [-0.15, -0.1) is 11.8 Å². The number of thioether (sulfide) groups is 1. The molecule has 1 saturated heterocycles. The van der Waals surface area contributed by atoms with E-state index in [-0.39, 0.29) is 28.0 Å². The lowest BCUT2D eigenvalue weighted by atomic mass is 10.1. The summed E-state index contributed by atoms with van der Waals surface area (Å²) in [4.78, 5) is 29.3. The molecule has 2 atom stereocenters. The summed E-state index contributed by atoms with van der Waals surface area (Å²) in [7, 11) is 0. The van der Waals surface area contributed by atoms with Gasteiger partial charge in [0, 0.05) is 5.75 Å². The Kier molecular flexibility index (Phi) is 4.55. The third-order valence-electron chi connectivity index (χ3n) is 3.06. The Morgan fingerprint density at radius 3 is 2.75 bits per heavy atom. The van der Waals surface area contributed by atoms with Gasteiger partial charge in [-0.1, -0.05) is 31.5 Å². The van der Waals surface area contributed by atoms with Crippen molar-refractivity contribution in [2.24, 2.45) is 5.92 Å². The summed E-state index contributed by atoms with van der Waals surface area (Å²) < 4.78 is 0. The molecule has 2 unspecified atom stereocenters. The van der Waals surface area contributed by atoms with Gasteiger partial charge < -0.3 is 10.0 Å². The third kappa shape index (κ3) is 2.91. The van der Waals surface area contributed by atoms with E-state index in [2.05, 4.69) is 4.98 Å². The first kappa shape index (κ1) is 15.1. The van der Waals surface area contributed by atoms with Crippen LogP contribution in [0.5, 0.6) is 0 Å². The molecule has 1 aliphatic rings. The number of nitrogens with zero attached hydrogens (tertiary/aromatic N) is 2. The highest BCUT2D eigenvalue weighted by Crippen LogP contribution is 2.35. The van der Waals surface area contributed by atoms with Crippen LogP contribution in [0.25, 0.3) is 0 Å². The molecular formula is C13H15ClN2O3S. The van der Waals surface area contributed by atoms with E-state index < -0.39 is 12.0 Å². The molecular weight excluding hydrogens is 300 g/mol. The number of carbonyl (C=O) groups is 2. The van der Waals surface area contributed by atoms with Crippen LogP contribution in [0.3, 0.4) is 0 Å². The fraction of sp³-hybridized carbons (Fsp3) is 0.462. The van der Waals surface area contributed by atoms with Crippen LogP contribution in [0.4, 0.5) is 0 Å². The van der Waals surface area contributed by atoms with E-state index in [0.717, 1.165) is 0 Å². The van der Waals surface area contributed by atoms with Crippen molar-refractivity contribution in [2.75, 3.05) is 5.75 Å². The number of hydrogen-bond donors (Lipinski definition) is 1. The highest BCUT2D eigenvalue weighted by atomic mass is 35.5. The number of pyridine rings is 1. The maximum atomic E-state index is 12.6. The number of carbonyl (C=O) groups excluding carboxylic acids is 1. The lowest BCUT2D eigenvalue weighted by molar-refractivity contribution is -0.141. The molecule has 1 fully saturated rings. The minimum absolute atomic E-state index is 0.160. The summed E-state index contributed by atoms with van der Waals surface area (Å²) in [6, 6.07) is 3.94. The van der Waals surface area contributed by atoms with Gasteiger partial charge in [-0.2, -0.15) is 0 Å². The van der Waals surface area contributed by atoms with Gasteiger partial charge in [0.25, 0.3) is 5.91 Å². The zero-order valence-electron chi connectivity index (χ0n) is 11.1. The number of aliphatic carboxylic acids is 1. The SMILES string of the molecule is CC(C)C1SCC(C(=O)O)N1C(=O)c1cccc(Cl)n1. The second-order valence-corrected chi connectivity index (χ2v) is 6.42. The number of carboxylic acids is 1. The Morgan fingerprint density at radius 2 is 2.20 bits per heavy atom. The van der Waals surface area contributed by atoms with E-state index in [4.69, 9.17) is 11.6 Å². The molecule has 1 aliphatic heterocycles. The fourth-order valence-electron chi connectivity index (χ4n) is 2.15. The van der Waals surface area contributed by atoms with Gasteiger partial charge in [-0.3, -0.25) is 4.79 Å². The molecule has 1 aromatic rings. The quantitative estimate of drug-likeness (QED) is 0.867. The smallest absolute Gasteiger partial charge is 0.327 e. The Morgan fingerprint density at radius 1 is 1.50 bits per heavy atom. The van der Waals surface area contributed by atoms with Gasteiger partial charge in [0.15, 0.2) is 0 Å². The van der Waals surface area contributed by atoms with Crippen molar-refractivity contribution in [3.8, 4) is 0 Å². The second-order valence-electron chi connectivity index (χ2n) is 4.88. The van der Waals surface area contributed by atoms with E-state index in [0.29, 0.717) is 5.75 Å². The maximum absolute atomic E-state index is 12.6. The predicted molar refractivity (Wildman–Crippen MR) is 77.9 cm³/mol. The van der Waals surface area contributed by atoms with E-state index in [1.165, 1.54) is 16.7 Å². The van der Waals surface area contributed by atoms with Crippen LogP contribution in [-0.4, -0.2) is 44.0 Å². The molecule has 1 aromatic heterocycles. The first-order chi connectivity index (χ1) is 9.41. The molecule has 5 nitrogen and oxygen atoms in total. The van der Waals surface area contributed by atoms with Crippen LogP contribution >= 0.6 is 23.4 Å². The Labute approximate surface area is 126 Å². The molecule has 20 heavy (non-hydrogen) atoms. The first-order valence-electron chi connectivity index (χ1n) is 6.21. The molecule has 1 amide bonds. The van der Waals surface area contributed by atoms with Crippen LogP contribution in [0.1, 0.15) is 24.3 Å². The largest absolute Gasteiger partial charge is 0.480 e. The summed E-state index contributed by atoms with van der Waals surface area (Å²) >= 11 is 7.28. The van der Waals surface area contributed by atoms with E-state index in [1.54, 1.807) is 18.2 Å². The number of halogens is 1. The zero-order chi connectivity index (χ0) is 14.9. The van der Waals surface area contributed by atoms with Gasteiger partial charge in [0.1, 0.15) is 16.9 Å². The summed E-state index contributed by atoms with van der Waals surface area (Å²) in [5.74, 6) is -0.822. The minimum Gasteiger partial charge on any atom is -0.480 e. The first-order valence-corrected chi connectivity index (χ1v) is 7.64. The molecule has 0 spiro atoms. The molecule has 7 heteroatoms. The van der Waals surface area contributed by atoms with Crippen LogP contribution in [-0.2, 0) is 4.79 Å². The Bertz CT molecular complexity index is 538. The van der Waals surface area contributed by atoms with E-state index in [9.17, 15) is 14.7 Å². The normalized spacial score (nSPS) is 22.3. The molecule has 0 aromatic carbocycles. The van der Waals surface area contributed by atoms with Gasteiger partial charge in [0.05, 0.1) is 5.37 Å². The zero-order valence-corrected chi connectivity index (χ0v) is 12.7. The molecule has 108 valence electrons. The van der Waals surface area contributed by atoms with E-state index >= 15 is 0 Å². The van der Waals surface area contributed by atoms with Gasteiger partial charge in [0.2, 0.25) is 0 Å². The number of aromatic nitrogens is 1. The fourth-order valence-corrected chi connectivity index (χ4v) is 3.78. The molecule has 2 rings (SSSR count). The second kappa shape index (κ2) is 6.01. The molecule has 0 radical (unpaired) electrons. The molecule has 0 saturated carbocycles. The van der Waals surface area contributed by atoms with Crippen molar-refractivity contribution in [2.45, 2.75) is 25.3 Å². The lowest BCUT2D eigenvalue weighted by Gasteiger charge is -2.29. The Balaban J connectivity index is 2.34. The number of hydrogen-bond acceptors (Lipinski definition) is 4. The highest BCUT2D eigenvalue weighted by Gasteiger charge is 2.43. The maximum Gasteiger partial charge on any atom is 0.327 e. The summed E-state index contributed by atoms with van der Waals surface area (Å²) in [6.45, 7) is 3.93. The molecule has 1 N–H and O–H groups in total. The van der Waals surface area contributed by atoms with Crippen LogP contribution in [0.2, 0.25) is 5.15 Å². The van der Waals surface area contributed by atoms with Crippen molar-refractivity contribution >= 4 is 35.2 Å². The van der Waals surface area contributed by atoms with Gasteiger partial charge in [-0.05, 0) is 18.1 Å². The van der Waals surface area contributed by atoms with Crippen LogP contribution < -0.4 is 0 Å². The number of carboxylic acid groups (broad SMARTS) is 1. The predicted octanol–water partition coefficient (Wildman–Crippen LogP) is 2.36. The topological polar surface area (TPSA) is 70.5 Å². The summed E-state index contributed by atoms with van der Waals surface area (Å²) in [5, 5.41) is 9.34. The highest BCUT2D eigenvalue weighted by molar-refractivity contribution is 8.00. The third-order valence-corrected chi connectivity index (χ3v) is 4.89.